The Balaban J connectivity index is 1.91. The predicted molar refractivity (Wildman–Crippen MR) is 62.6 cm³/mol. The van der Waals surface area contributed by atoms with Crippen molar-refractivity contribution in [2.75, 3.05) is 26.3 Å². The topological polar surface area (TPSA) is 41.2 Å². The lowest BCUT2D eigenvalue weighted by molar-refractivity contribution is 0.0694. The number of hydrogen-bond donors (Lipinski definition) is 1. The van der Waals surface area contributed by atoms with Gasteiger partial charge in [0.25, 0.3) is 0 Å². The first-order valence-electron chi connectivity index (χ1n) is 4.89. The maximum absolute atomic E-state index is 5.30. The maximum Gasteiger partial charge on any atom is 0.102 e. The Hall–Kier alpha value is -1.20. The monoisotopic (exact) mass is 223 g/mol. The second-order valence-corrected chi connectivity index (χ2v) is 3.70. The summed E-state index contributed by atoms with van der Waals surface area (Å²) in [5.41, 5.74) is 0.964. The number of hydrogen-bond acceptors (Lipinski definition) is 3. The smallest absolute Gasteiger partial charge is 0.102 e. The lowest BCUT2D eigenvalue weighted by Crippen LogP contribution is -2.38. The summed E-state index contributed by atoms with van der Waals surface area (Å²) in [4.78, 5) is 9.92. The molecule has 1 aliphatic rings. The number of imidazole rings is 1. The van der Waals surface area contributed by atoms with Crippen LogP contribution in [0.3, 0.4) is 0 Å². The van der Waals surface area contributed by atoms with Gasteiger partial charge in [0.15, 0.2) is 0 Å². The predicted octanol–water partition coefficient (Wildman–Crippen LogP) is 1.08. The Labute approximate surface area is 94.0 Å². The molecule has 1 aromatic heterocycles. The van der Waals surface area contributed by atoms with E-state index in [9.17, 15) is 0 Å². The molecule has 0 bridgehead atoms. The van der Waals surface area contributed by atoms with Gasteiger partial charge in [-0.2, -0.15) is 0 Å². The average molecular weight is 223 g/mol. The number of nitrogens with one attached hydrogen (secondary N) is 1. The van der Waals surface area contributed by atoms with Crippen LogP contribution >= 0.6 is 12.2 Å². The fourth-order valence-corrected chi connectivity index (χ4v) is 1.66. The molecule has 1 aliphatic heterocycles. The third-order valence-corrected chi connectivity index (χ3v) is 2.64. The van der Waals surface area contributed by atoms with Gasteiger partial charge >= 0.3 is 0 Å². The molecule has 5 heteroatoms. The molecule has 1 fully saturated rings. The molecule has 2 rings (SSSR count). The molecule has 0 amide bonds. The minimum absolute atomic E-state index is 0.762. The van der Waals surface area contributed by atoms with Crippen molar-refractivity contribution in [2.24, 2.45) is 0 Å². The van der Waals surface area contributed by atoms with E-state index >= 15 is 0 Å². The maximum atomic E-state index is 5.30. The van der Waals surface area contributed by atoms with Crippen LogP contribution in [0.15, 0.2) is 18.6 Å². The molecule has 15 heavy (non-hydrogen) atoms. The van der Waals surface area contributed by atoms with Gasteiger partial charge in [0.2, 0.25) is 0 Å². The molecule has 0 saturated carbocycles. The third kappa shape index (κ3) is 2.87. The van der Waals surface area contributed by atoms with E-state index in [2.05, 4.69) is 14.9 Å². The lowest BCUT2D eigenvalue weighted by atomic mass is 10.3. The van der Waals surface area contributed by atoms with Crippen LogP contribution in [0.5, 0.6) is 0 Å². The number of H-pyrrole nitrogens is 1. The number of aromatic nitrogens is 2. The Bertz CT molecular complexity index is 342. The molecule has 1 saturated heterocycles. The van der Waals surface area contributed by atoms with Gasteiger partial charge < -0.3 is 14.6 Å². The first-order valence-corrected chi connectivity index (χ1v) is 5.30. The standard InChI is InChI=1S/C10H13N3OS/c15-10(13-3-5-14-6-4-13)2-1-9-7-11-8-12-9/h1-2,7-8H,3-6H2,(H,11,12)/b2-1+. The van der Waals surface area contributed by atoms with Crippen LogP contribution in [0.2, 0.25) is 0 Å². The zero-order valence-corrected chi connectivity index (χ0v) is 9.17. The van der Waals surface area contributed by atoms with E-state index in [1.54, 1.807) is 12.5 Å². The van der Waals surface area contributed by atoms with Crippen LogP contribution in [-0.4, -0.2) is 46.2 Å². The van der Waals surface area contributed by atoms with Crippen LogP contribution < -0.4 is 0 Å². The molecule has 1 aromatic rings. The van der Waals surface area contributed by atoms with E-state index in [1.807, 2.05) is 12.2 Å². The fraction of sp³-hybridized carbons (Fsp3) is 0.400. The number of morpholine rings is 1. The first-order chi connectivity index (χ1) is 7.36. The van der Waals surface area contributed by atoms with Crippen molar-refractivity contribution in [1.82, 2.24) is 14.9 Å². The van der Waals surface area contributed by atoms with E-state index in [-0.39, 0.29) is 0 Å². The highest BCUT2D eigenvalue weighted by Crippen LogP contribution is 2.02. The molecule has 0 aliphatic carbocycles. The van der Waals surface area contributed by atoms with Crippen LogP contribution in [0.4, 0.5) is 0 Å². The van der Waals surface area contributed by atoms with Crippen LogP contribution in [0, 0.1) is 0 Å². The second-order valence-electron chi connectivity index (χ2n) is 3.28. The van der Waals surface area contributed by atoms with Gasteiger partial charge in [-0.25, -0.2) is 4.98 Å². The Morgan fingerprint density at radius 3 is 3.00 bits per heavy atom. The van der Waals surface area contributed by atoms with Gasteiger partial charge in [0, 0.05) is 13.1 Å². The number of nitrogens with zero attached hydrogens (tertiary/aromatic N) is 2. The van der Waals surface area contributed by atoms with Gasteiger partial charge in [-0.3, -0.25) is 0 Å². The number of ether oxygens (including phenoxy) is 1. The minimum atomic E-state index is 0.762. The third-order valence-electron chi connectivity index (χ3n) is 2.25. The van der Waals surface area contributed by atoms with Crippen molar-refractivity contribution < 1.29 is 4.74 Å². The summed E-state index contributed by atoms with van der Waals surface area (Å²) >= 11 is 5.30. The highest BCUT2D eigenvalue weighted by molar-refractivity contribution is 7.80. The van der Waals surface area contributed by atoms with Crippen molar-refractivity contribution in [1.29, 1.82) is 0 Å². The summed E-state index contributed by atoms with van der Waals surface area (Å²) in [6.45, 7) is 3.29. The summed E-state index contributed by atoms with van der Waals surface area (Å²) in [5, 5.41) is 0. The quantitative estimate of drug-likeness (QED) is 0.602. The Kier molecular flexibility index (Phi) is 3.47. The highest BCUT2D eigenvalue weighted by Gasteiger charge is 2.10. The molecule has 80 valence electrons. The van der Waals surface area contributed by atoms with E-state index in [1.165, 1.54) is 0 Å². The van der Waals surface area contributed by atoms with Crippen molar-refractivity contribution in [3.63, 3.8) is 0 Å². The molecule has 0 spiro atoms. The van der Waals surface area contributed by atoms with Gasteiger partial charge in [-0.15, -0.1) is 0 Å². The molecular formula is C10H13N3OS. The summed E-state index contributed by atoms with van der Waals surface area (Å²) in [7, 11) is 0. The molecule has 0 atom stereocenters. The molecule has 2 heterocycles. The molecular weight excluding hydrogens is 210 g/mol. The molecule has 4 nitrogen and oxygen atoms in total. The summed E-state index contributed by atoms with van der Waals surface area (Å²) in [6.07, 6.45) is 7.27. The van der Waals surface area contributed by atoms with Crippen LogP contribution in [-0.2, 0) is 4.74 Å². The van der Waals surface area contributed by atoms with E-state index in [0.29, 0.717) is 0 Å². The van der Waals surface area contributed by atoms with Gasteiger partial charge in [0.05, 0.1) is 31.4 Å². The number of aromatic amines is 1. The number of thiocarbonyl (C=S) groups is 1. The fourth-order valence-electron chi connectivity index (χ4n) is 1.41. The van der Waals surface area contributed by atoms with Crippen molar-refractivity contribution in [3.8, 4) is 0 Å². The average Bonchev–Trinajstić information content (AvgIpc) is 2.80. The van der Waals surface area contributed by atoms with Crippen molar-refractivity contribution >= 4 is 23.3 Å². The zero-order valence-electron chi connectivity index (χ0n) is 8.35. The minimum Gasteiger partial charge on any atom is -0.378 e. The SMILES string of the molecule is S=C(/C=C/c1cnc[nH]1)N1CCOCC1. The van der Waals surface area contributed by atoms with E-state index in [4.69, 9.17) is 17.0 Å². The molecule has 0 unspecified atom stereocenters. The lowest BCUT2D eigenvalue weighted by Gasteiger charge is -2.27. The zero-order chi connectivity index (χ0) is 10.5. The largest absolute Gasteiger partial charge is 0.378 e. The summed E-state index contributed by atoms with van der Waals surface area (Å²) in [6, 6.07) is 0. The summed E-state index contributed by atoms with van der Waals surface area (Å²) in [5.74, 6) is 0. The molecule has 0 aromatic carbocycles. The molecule has 0 radical (unpaired) electrons. The van der Waals surface area contributed by atoms with Crippen LogP contribution in [0.25, 0.3) is 6.08 Å². The van der Waals surface area contributed by atoms with Gasteiger partial charge in [0.1, 0.15) is 4.99 Å². The summed E-state index contributed by atoms with van der Waals surface area (Å²) < 4.78 is 5.26. The van der Waals surface area contributed by atoms with Crippen LogP contribution in [0.1, 0.15) is 5.69 Å². The normalized spacial score (nSPS) is 17.2. The van der Waals surface area contributed by atoms with Gasteiger partial charge in [-0.1, -0.05) is 12.2 Å². The van der Waals surface area contributed by atoms with Crippen molar-refractivity contribution in [3.05, 3.63) is 24.3 Å². The first kappa shape index (κ1) is 10.3. The Morgan fingerprint density at radius 1 is 1.53 bits per heavy atom. The number of rotatable bonds is 2. The Morgan fingerprint density at radius 2 is 2.33 bits per heavy atom. The molecule has 1 N–H and O–H groups in total. The highest BCUT2D eigenvalue weighted by atomic mass is 32.1. The second kappa shape index (κ2) is 5.04. The van der Waals surface area contributed by atoms with E-state index in [0.717, 1.165) is 37.0 Å². The van der Waals surface area contributed by atoms with Gasteiger partial charge in [-0.05, 0) is 12.2 Å². The van der Waals surface area contributed by atoms with Crippen molar-refractivity contribution in [2.45, 2.75) is 0 Å². The van der Waals surface area contributed by atoms with E-state index < -0.39 is 0 Å².